The van der Waals surface area contributed by atoms with Crippen molar-refractivity contribution in [2.24, 2.45) is 16.5 Å². The number of nitrogens with two attached hydrogens (primary N) is 2. The van der Waals surface area contributed by atoms with Crippen molar-refractivity contribution in [1.82, 2.24) is 4.31 Å². The van der Waals surface area contributed by atoms with E-state index in [-0.39, 0.29) is 18.0 Å². The van der Waals surface area contributed by atoms with Gasteiger partial charge in [-0.25, -0.2) is 17.5 Å². The van der Waals surface area contributed by atoms with E-state index >= 15 is 0 Å². The van der Waals surface area contributed by atoms with Crippen LogP contribution in [0.5, 0.6) is 5.75 Å². The SMILES string of the molecule is COc1ccc(S(=O)(=O)N(CCCCN)C(N)=NC(=O)OCc2ccccc2)cc1. The zero-order valence-electron chi connectivity index (χ0n) is 16.7. The third kappa shape index (κ3) is 6.46. The smallest absolute Gasteiger partial charge is 0.437 e. The number of aliphatic imine (C=N–C) groups is 1. The van der Waals surface area contributed by atoms with Gasteiger partial charge < -0.3 is 20.9 Å². The Morgan fingerprint density at radius 1 is 1.07 bits per heavy atom. The molecule has 0 unspecified atom stereocenters. The van der Waals surface area contributed by atoms with Gasteiger partial charge in [-0.1, -0.05) is 30.3 Å². The van der Waals surface area contributed by atoms with Gasteiger partial charge in [0.05, 0.1) is 12.0 Å². The monoisotopic (exact) mass is 434 g/mol. The minimum atomic E-state index is -4.05. The van der Waals surface area contributed by atoms with Gasteiger partial charge in [-0.05, 0) is 49.2 Å². The summed E-state index contributed by atoms with van der Waals surface area (Å²) in [6, 6.07) is 14.9. The lowest BCUT2D eigenvalue weighted by Crippen LogP contribution is -2.43. The van der Waals surface area contributed by atoms with Crippen LogP contribution in [-0.2, 0) is 21.4 Å². The summed E-state index contributed by atoms with van der Waals surface area (Å²) in [5, 5.41) is 0. The van der Waals surface area contributed by atoms with Crippen LogP contribution in [0.15, 0.2) is 64.5 Å². The lowest BCUT2D eigenvalue weighted by atomic mass is 10.2. The van der Waals surface area contributed by atoms with Crippen molar-refractivity contribution >= 4 is 22.1 Å². The summed E-state index contributed by atoms with van der Waals surface area (Å²) in [6.45, 7) is 0.411. The fourth-order valence-electron chi connectivity index (χ4n) is 2.53. The third-order valence-corrected chi connectivity index (χ3v) is 5.95. The molecule has 0 saturated carbocycles. The van der Waals surface area contributed by atoms with Gasteiger partial charge in [-0.15, -0.1) is 4.99 Å². The van der Waals surface area contributed by atoms with Crippen LogP contribution in [0.3, 0.4) is 0 Å². The highest BCUT2D eigenvalue weighted by atomic mass is 32.2. The number of ether oxygens (including phenoxy) is 2. The van der Waals surface area contributed by atoms with E-state index < -0.39 is 22.1 Å². The number of carbonyl (C=O) groups excluding carboxylic acids is 1. The first kappa shape index (κ1) is 23.2. The molecule has 0 heterocycles. The number of rotatable bonds is 9. The van der Waals surface area contributed by atoms with Crippen molar-refractivity contribution in [3.63, 3.8) is 0 Å². The van der Waals surface area contributed by atoms with Crippen molar-refractivity contribution in [2.75, 3.05) is 20.2 Å². The summed E-state index contributed by atoms with van der Waals surface area (Å²) in [7, 11) is -2.56. The molecular formula is C20H26N4O5S. The topological polar surface area (TPSA) is 137 Å². The van der Waals surface area contributed by atoms with Gasteiger partial charge in [0.2, 0.25) is 5.96 Å². The Bertz CT molecular complexity index is 947. The molecule has 0 spiro atoms. The van der Waals surface area contributed by atoms with Crippen LogP contribution in [-0.4, -0.2) is 45.0 Å². The molecule has 162 valence electrons. The van der Waals surface area contributed by atoms with Gasteiger partial charge in [0.15, 0.2) is 0 Å². The van der Waals surface area contributed by atoms with Crippen LogP contribution in [0, 0.1) is 0 Å². The molecule has 10 heteroatoms. The van der Waals surface area contributed by atoms with Crippen LogP contribution in [0.1, 0.15) is 18.4 Å². The highest BCUT2D eigenvalue weighted by Gasteiger charge is 2.27. The first-order chi connectivity index (χ1) is 14.4. The molecule has 0 atom stereocenters. The van der Waals surface area contributed by atoms with Gasteiger partial charge in [0, 0.05) is 6.54 Å². The minimum Gasteiger partial charge on any atom is -0.497 e. The molecule has 0 aromatic heterocycles. The standard InChI is InChI=1S/C20H26N4O5S/c1-28-17-9-11-18(12-10-17)30(26,27)24(14-6-5-13-21)19(22)23-20(25)29-15-16-7-3-2-4-8-16/h2-4,7-12H,5-6,13-15,21H2,1H3,(H2,22,23,25). The van der Waals surface area contributed by atoms with Crippen LogP contribution in [0.2, 0.25) is 0 Å². The second-order valence-electron chi connectivity index (χ2n) is 6.26. The van der Waals surface area contributed by atoms with Gasteiger partial charge in [0.1, 0.15) is 12.4 Å². The molecule has 9 nitrogen and oxygen atoms in total. The number of amides is 1. The van der Waals surface area contributed by atoms with Crippen LogP contribution >= 0.6 is 0 Å². The summed E-state index contributed by atoms with van der Waals surface area (Å²) in [5.41, 5.74) is 12.2. The summed E-state index contributed by atoms with van der Waals surface area (Å²) in [5.74, 6) is 0.0376. The van der Waals surface area contributed by atoms with Crippen LogP contribution in [0.4, 0.5) is 4.79 Å². The van der Waals surface area contributed by atoms with E-state index in [4.69, 9.17) is 20.9 Å². The average molecular weight is 435 g/mol. The minimum absolute atomic E-state index is 0.00510. The van der Waals surface area contributed by atoms with Crippen molar-refractivity contribution in [2.45, 2.75) is 24.3 Å². The molecule has 0 aliphatic rings. The van der Waals surface area contributed by atoms with E-state index in [0.29, 0.717) is 25.1 Å². The maximum absolute atomic E-state index is 13.1. The zero-order chi connectivity index (χ0) is 22.0. The quantitative estimate of drug-likeness (QED) is 0.350. The molecule has 0 saturated heterocycles. The number of carbonyl (C=O) groups is 1. The molecule has 0 bridgehead atoms. The Morgan fingerprint density at radius 2 is 1.73 bits per heavy atom. The molecule has 2 rings (SSSR count). The second kappa shape index (κ2) is 11.2. The maximum Gasteiger partial charge on any atom is 0.437 e. The lowest BCUT2D eigenvalue weighted by Gasteiger charge is -2.23. The molecule has 2 aromatic carbocycles. The Balaban J connectivity index is 2.20. The van der Waals surface area contributed by atoms with Gasteiger partial charge >= 0.3 is 6.09 Å². The number of benzene rings is 2. The normalized spacial score (nSPS) is 11.7. The maximum atomic E-state index is 13.1. The van der Waals surface area contributed by atoms with Gasteiger partial charge in [-0.2, -0.15) is 0 Å². The third-order valence-electron chi connectivity index (χ3n) is 4.13. The number of guanidine groups is 1. The molecule has 2 aromatic rings. The molecule has 0 radical (unpaired) electrons. The van der Waals surface area contributed by atoms with Crippen molar-refractivity contribution < 1.29 is 22.7 Å². The lowest BCUT2D eigenvalue weighted by molar-refractivity contribution is 0.150. The Kier molecular flexibility index (Phi) is 8.63. The summed E-state index contributed by atoms with van der Waals surface area (Å²) in [4.78, 5) is 15.7. The average Bonchev–Trinajstić information content (AvgIpc) is 2.75. The van der Waals surface area contributed by atoms with Crippen LogP contribution in [0.25, 0.3) is 0 Å². The highest BCUT2D eigenvalue weighted by molar-refractivity contribution is 7.89. The first-order valence-corrected chi connectivity index (χ1v) is 10.7. The number of unbranched alkanes of at least 4 members (excludes halogenated alkanes) is 1. The van der Waals surface area contributed by atoms with E-state index in [1.54, 1.807) is 24.3 Å². The summed E-state index contributed by atoms with van der Waals surface area (Å²) in [6.07, 6.45) is 0.0479. The number of nitrogens with zero attached hydrogens (tertiary/aromatic N) is 2. The largest absolute Gasteiger partial charge is 0.497 e. The molecule has 1 amide bonds. The van der Waals surface area contributed by atoms with Crippen molar-refractivity contribution in [3.05, 3.63) is 60.2 Å². The van der Waals surface area contributed by atoms with Crippen LogP contribution < -0.4 is 16.2 Å². The Labute approximate surface area is 176 Å². The van der Waals surface area contributed by atoms with E-state index in [2.05, 4.69) is 4.99 Å². The predicted molar refractivity (Wildman–Crippen MR) is 113 cm³/mol. The van der Waals surface area contributed by atoms with Crippen molar-refractivity contribution in [1.29, 1.82) is 0 Å². The molecule has 0 fully saturated rings. The Hall–Kier alpha value is -3.11. The fourth-order valence-corrected chi connectivity index (χ4v) is 3.92. The first-order valence-electron chi connectivity index (χ1n) is 9.30. The van der Waals surface area contributed by atoms with E-state index in [9.17, 15) is 13.2 Å². The van der Waals surface area contributed by atoms with Gasteiger partial charge in [-0.3, -0.25) is 0 Å². The zero-order valence-corrected chi connectivity index (χ0v) is 17.5. The van der Waals surface area contributed by atoms with Crippen molar-refractivity contribution in [3.8, 4) is 5.75 Å². The molecule has 0 aliphatic carbocycles. The number of methoxy groups -OCH3 is 1. The highest BCUT2D eigenvalue weighted by Crippen LogP contribution is 2.20. The second-order valence-corrected chi connectivity index (χ2v) is 8.12. The number of hydrogen-bond donors (Lipinski definition) is 2. The Morgan fingerprint density at radius 3 is 2.33 bits per heavy atom. The summed E-state index contributed by atoms with van der Waals surface area (Å²) < 4.78 is 37.1. The van der Waals surface area contributed by atoms with E-state index in [1.165, 1.54) is 31.4 Å². The van der Waals surface area contributed by atoms with E-state index in [1.807, 2.05) is 6.07 Å². The van der Waals surface area contributed by atoms with E-state index in [0.717, 1.165) is 9.87 Å². The number of sulfonamides is 1. The molecule has 4 N–H and O–H groups in total. The number of hydrogen-bond acceptors (Lipinski definition) is 6. The molecule has 30 heavy (non-hydrogen) atoms. The van der Waals surface area contributed by atoms with Gasteiger partial charge in [0.25, 0.3) is 10.0 Å². The molecule has 0 aliphatic heterocycles. The molecular weight excluding hydrogens is 408 g/mol. The fraction of sp³-hybridized carbons (Fsp3) is 0.300. The summed E-state index contributed by atoms with van der Waals surface area (Å²) >= 11 is 0. The predicted octanol–water partition coefficient (Wildman–Crippen LogP) is 2.08.